The van der Waals surface area contributed by atoms with Crippen LogP contribution in [0.15, 0.2) is 41.1 Å². The molecule has 2 heterocycles. The molecule has 0 unspecified atom stereocenters. The Morgan fingerprint density at radius 1 is 1.41 bits per heavy atom. The van der Waals surface area contributed by atoms with E-state index in [0.29, 0.717) is 12.2 Å². The van der Waals surface area contributed by atoms with Crippen LogP contribution >= 0.6 is 0 Å². The summed E-state index contributed by atoms with van der Waals surface area (Å²) in [6.07, 6.45) is 3.40. The molecular formula is C12H12N4O. The van der Waals surface area contributed by atoms with E-state index in [4.69, 9.17) is 10.2 Å². The molecule has 0 saturated carbocycles. The Hall–Kier alpha value is -2.43. The van der Waals surface area contributed by atoms with Gasteiger partial charge in [-0.3, -0.25) is 5.10 Å². The number of benzene rings is 1. The van der Waals surface area contributed by atoms with Crippen LogP contribution in [0.25, 0.3) is 10.9 Å². The Labute approximate surface area is 97.6 Å². The number of nitrogens with zero attached hydrogens (tertiary/aromatic N) is 1. The van der Waals surface area contributed by atoms with Crippen molar-refractivity contribution in [1.82, 2.24) is 10.2 Å². The smallest absolute Gasteiger partial charge is 0.122 e. The normalized spacial score (nSPS) is 10.8. The maximum Gasteiger partial charge on any atom is 0.122 e. The molecule has 5 nitrogen and oxygen atoms in total. The summed E-state index contributed by atoms with van der Waals surface area (Å²) >= 11 is 0. The van der Waals surface area contributed by atoms with E-state index in [0.717, 1.165) is 22.4 Å². The minimum absolute atomic E-state index is 0.608. The fourth-order valence-corrected chi connectivity index (χ4v) is 1.76. The molecule has 3 aromatic rings. The molecule has 2 aromatic heterocycles. The molecule has 0 atom stereocenters. The van der Waals surface area contributed by atoms with Crippen LogP contribution in [0.3, 0.4) is 0 Å². The van der Waals surface area contributed by atoms with Crippen LogP contribution < -0.4 is 11.1 Å². The van der Waals surface area contributed by atoms with E-state index in [9.17, 15) is 0 Å². The zero-order chi connectivity index (χ0) is 11.7. The standard InChI is InChI=1S/C12H12N4O/c13-10-4-8-6-15-16-11(8)5-12(10)14-7-9-2-1-3-17-9/h1-6,14H,7,13H2,(H,15,16). The Morgan fingerprint density at radius 3 is 3.18 bits per heavy atom. The predicted molar refractivity (Wildman–Crippen MR) is 66.5 cm³/mol. The molecule has 0 spiro atoms. The highest BCUT2D eigenvalue weighted by Crippen LogP contribution is 2.25. The first-order valence-corrected chi connectivity index (χ1v) is 5.32. The lowest BCUT2D eigenvalue weighted by molar-refractivity contribution is 0.518. The van der Waals surface area contributed by atoms with Crippen molar-refractivity contribution in [2.45, 2.75) is 6.54 Å². The van der Waals surface area contributed by atoms with Crippen LogP contribution in [0, 0.1) is 0 Å². The second kappa shape index (κ2) is 3.86. The molecule has 5 heteroatoms. The van der Waals surface area contributed by atoms with Gasteiger partial charge in [-0.2, -0.15) is 5.10 Å². The highest BCUT2D eigenvalue weighted by Gasteiger charge is 2.04. The Bertz CT molecular complexity index is 627. The molecule has 0 aliphatic heterocycles. The van der Waals surface area contributed by atoms with Crippen LogP contribution in [0.5, 0.6) is 0 Å². The van der Waals surface area contributed by atoms with Gasteiger partial charge in [-0.15, -0.1) is 0 Å². The maximum atomic E-state index is 5.95. The summed E-state index contributed by atoms with van der Waals surface area (Å²) in [6.45, 7) is 0.608. The molecule has 4 N–H and O–H groups in total. The van der Waals surface area contributed by atoms with E-state index in [-0.39, 0.29) is 0 Å². The zero-order valence-electron chi connectivity index (χ0n) is 9.10. The highest BCUT2D eigenvalue weighted by molar-refractivity contribution is 5.88. The second-order valence-electron chi connectivity index (χ2n) is 3.83. The number of anilines is 2. The number of hydrogen-bond acceptors (Lipinski definition) is 4. The van der Waals surface area contributed by atoms with Gasteiger partial charge in [0, 0.05) is 5.39 Å². The molecule has 1 aromatic carbocycles. The molecule has 86 valence electrons. The number of H-pyrrole nitrogens is 1. The molecule has 3 rings (SSSR count). The minimum Gasteiger partial charge on any atom is -0.467 e. The molecule has 0 fully saturated rings. The molecule has 0 amide bonds. The monoisotopic (exact) mass is 228 g/mol. The Balaban J connectivity index is 1.86. The van der Waals surface area contributed by atoms with Gasteiger partial charge in [-0.05, 0) is 24.3 Å². The fraction of sp³-hybridized carbons (Fsp3) is 0.0833. The number of fused-ring (bicyclic) bond motifs is 1. The van der Waals surface area contributed by atoms with E-state index in [1.54, 1.807) is 12.5 Å². The summed E-state index contributed by atoms with van der Waals surface area (Å²) in [5, 5.41) is 11.1. The number of nitrogen functional groups attached to an aromatic ring is 1. The van der Waals surface area contributed by atoms with Gasteiger partial charge in [0.1, 0.15) is 5.76 Å². The van der Waals surface area contributed by atoms with Gasteiger partial charge in [0.25, 0.3) is 0 Å². The maximum absolute atomic E-state index is 5.95. The quantitative estimate of drug-likeness (QED) is 0.601. The molecule has 0 aliphatic carbocycles. The van der Waals surface area contributed by atoms with Crippen molar-refractivity contribution >= 4 is 22.3 Å². The Kier molecular flexibility index (Phi) is 2.22. The fourth-order valence-electron chi connectivity index (χ4n) is 1.76. The largest absolute Gasteiger partial charge is 0.467 e. The van der Waals surface area contributed by atoms with Crippen LogP contribution in [0.1, 0.15) is 5.76 Å². The predicted octanol–water partition coefficient (Wildman–Crippen LogP) is 2.35. The third-order valence-corrected chi connectivity index (χ3v) is 2.64. The van der Waals surface area contributed by atoms with Gasteiger partial charge in [-0.25, -0.2) is 0 Å². The summed E-state index contributed by atoms with van der Waals surface area (Å²) in [5.41, 5.74) is 8.48. The first-order valence-electron chi connectivity index (χ1n) is 5.32. The summed E-state index contributed by atoms with van der Waals surface area (Å²) in [7, 11) is 0. The number of furan rings is 1. The number of aromatic nitrogens is 2. The first kappa shape index (κ1) is 9.77. The van der Waals surface area contributed by atoms with Crippen LogP contribution in [-0.2, 0) is 6.54 Å². The lowest BCUT2D eigenvalue weighted by Gasteiger charge is -2.07. The van der Waals surface area contributed by atoms with Crippen LogP contribution in [0.4, 0.5) is 11.4 Å². The van der Waals surface area contributed by atoms with E-state index < -0.39 is 0 Å². The molecule has 0 saturated heterocycles. The molecule has 0 bridgehead atoms. The van der Waals surface area contributed by atoms with Crippen LogP contribution in [-0.4, -0.2) is 10.2 Å². The zero-order valence-corrected chi connectivity index (χ0v) is 9.10. The van der Waals surface area contributed by atoms with Gasteiger partial charge in [0.15, 0.2) is 0 Å². The van der Waals surface area contributed by atoms with Crippen molar-refractivity contribution in [3.63, 3.8) is 0 Å². The Morgan fingerprint density at radius 2 is 2.35 bits per heavy atom. The lowest BCUT2D eigenvalue weighted by Crippen LogP contribution is -2.01. The minimum atomic E-state index is 0.608. The summed E-state index contributed by atoms with van der Waals surface area (Å²) in [4.78, 5) is 0. The average Bonchev–Trinajstić information content (AvgIpc) is 2.95. The van der Waals surface area contributed by atoms with Gasteiger partial charge < -0.3 is 15.5 Å². The van der Waals surface area contributed by atoms with Gasteiger partial charge in [0.2, 0.25) is 0 Å². The first-order chi connectivity index (χ1) is 8.33. The SMILES string of the molecule is Nc1cc2cn[nH]c2cc1NCc1ccco1. The van der Waals surface area contributed by atoms with Gasteiger partial charge in [0.05, 0.1) is 35.9 Å². The second-order valence-corrected chi connectivity index (χ2v) is 3.83. The van der Waals surface area contributed by atoms with E-state index >= 15 is 0 Å². The third kappa shape index (κ3) is 1.82. The highest BCUT2D eigenvalue weighted by atomic mass is 16.3. The van der Waals surface area contributed by atoms with Crippen molar-refractivity contribution in [3.05, 3.63) is 42.5 Å². The van der Waals surface area contributed by atoms with Crippen molar-refractivity contribution in [2.75, 3.05) is 11.1 Å². The van der Waals surface area contributed by atoms with Crippen molar-refractivity contribution in [2.24, 2.45) is 0 Å². The average molecular weight is 228 g/mol. The number of nitrogens with one attached hydrogen (secondary N) is 2. The number of nitrogens with two attached hydrogens (primary N) is 1. The molecule has 17 heavy (non-hydrogen) atoms. The molecular weight excluding hydrogens is 216 g/mol. The van der Waals surface area contributed by atoms with E-state index in [1.165, 1.54) is 0 Å². The molecule has 0 radical (unpaired) electrons. The molecule has 0 aliphatic rings. The lowest BCUT2D eigenvalue weighted by atomic mass is 10.2. The number of rotatable bonds is 3. The summed E-state index contributed by atoms with van der Waals surface area (Å²) in [6, 6.07) is 7.61. The van der Waals surface area contributed by atoms with Crippen molar-refractivity contribution < 1.29 is 4.42 Å². The van der Waals surface area contributed by atoms with Gasteiger partial charge >= 0.3 is 0 Å². The van der Waals surface area contributed by atoms with Crippen LogP contribution in [0.2, 0.25) is 0 Å². The topological polar surface area (TPSA) is 79.9 Å². The van der Waals surface area contributed by atoms with Gasteiger partial charge in [-0.1, -0.05) is 0 Å². The van der Waals surface area contributed by atoms with E-state index in [2.05, 4.69) is 15.5 Å². The summed E-state index contributed by atoms with van der Waals surface area (Å²) < 4.78 is 5.24. The number of aromatic amines is 1. The summed E-state index contributed by atoms with van der Waals surface area (Å²) in [5.74, 6) is 0.870. The third-order valence-electron chi connectivity index (χ3n) is 2.64. The van der Waals surface area contributed by atoms with Crippen molar-refractivity contribution in [1.29, 1.82) is 0 Å². The van der Waals surface area contributed by atoms with Crippen molar-refractivity contribution in [3.8, 4) is 0 Å². The number of hydrogen-bond donors (Lipinski definition) is 3. The van der Waals surface area contributed by atoms with E-state index in [1.807, 2.05) is 24.3 Å².